The van der Waals surface area contributed by atoms with E-state index in [4.69, 9.17) is 0 Å². The molecule has 6 heteroatoms. The van der Waals surface area contributed by atoms with E-state index in [0.29, 0.717) is 11.4 Å². The Balaban J connectivity index is 1.13. The molecule has 1 aliphatic heterocycles. The second-order valence-electron chi connectivity index (χ2n) is 9.17. The zero-order chi connectivity index (χ0) is 25.6. The van der Waals surface area contributed by atoms with E-state index in [0.717, 1.165) is 60.7 Å². The molecule has 0 unspecified atom stereocenters. The van der Waals surface area contributed by atoms with Gasteiger partial charge in [-0.15, -0.1) is 0 Å². The Morgan fingerprint density at radius 2 is 1.46 bits per heavy atom. The van der Waals surface area contributed by atoms with Crippen LogP contribution in [-0.4, -0.2) is 46.9 Å². The summed E-state index contributed by atoms with van der Waals surface area (Å²) in [5, 5.41) is 2.87. The first-order valence-corrected chi connectivity index (χ1v) is 12.4. The highest BCUT2D eigenvalue weighted by Gasteiger charge is 2.19. The third-order valence-electron chi connectivity index (χ3n) is 6.67. The van der Waals surface area contributed by atoms with Gasteiger partial charge in [0, 0.05) is 55.7 Å². The van der Waals surface area contributed by atoms with Gasteiger partial charge in [-0.25, -0.2) is 9.37 Å². The van der Waals surface area contributed by atoms with E-state index in [-0.39, 0.29) is 11.7 Å². The van der Waals surface area contributed by atoms with Crippen molar-refractivity contribution < 1.29 is 9.18 Å². The molecule has 1 amide bonds. The number of anilines is 1. The fourth-order valence-corrected chi connectivity index (χ4v) is 4.48. The van der Waals surface area contributed by atoms with Gasteiger partial charge < -0.3 is 10.2 Å². The molecule has 1 aromatic heterocycles. The number of hydrogen-bond donors (Lipinski definition) is 1. The normalized spacial score (nSPS) is 13.8. The molecule has 1 fully saturated rings. The van der Waals surface area contributed by atoms with Gasteiger partial charge in [0.15, 0.2) is 0 Å². The van der Waals surface area contributed by atoms with E-state index in [1.54, 1.807) is 6.20 Å². The Hall–Kier alpha value is -4.29. The first-order chi connectivity index (χ1) is 18.0. The quantitative estimate of drug-likeness (QED) is 0.348. The van der Waals surface area contributed by atoms with Crippen molar-refractivity contribution in [2.45, 2.75) is 6.54 Å². The number of nitrogens with one attached hydrogen (secondary N) is 1. The standard InChI is InChI=1S/C31H29FN4O/c1-23(36-19-17-35(18-20-36)22-24-7-14-29(32)15-8-24)28-13-16-30(33-21-28)34-31(37)27-11-9-26(10-12-27)25-5-3-2-4-6-25/h2-16,21H,1,17-20,22H2,(H,33,34,37). The molecule has 0 saturated carbocycles. The van der Waals surface area contributed by atoms with E-state index in [1.807, 2.05) is 78.9 Å². The maximum Gasteiger partial charge on any atom is 0.256 e. The maximum atomic E-state index is 13.1. The van der Waals surface area contributed by atoms with Crippen LogP contribution in [-0.2, 0) is 6.54 Å². The van der Waals surface area contributed by atoms with Gasteiger partial charge in [-0.05, 0) is 53.1 Å². The molecule has 0 radical (unpaired) electrons. The maximum absolute atomic E-state index is 13.1. The molecular formula is C31H29FN4O. The van der Waals surface area contributed by atoms with Gasteiger partial charge in [-0.1, -0.05) is 61.2 Å². The Morgan fingerprint density at radius 1 is 0.811 bits per heavy atom. The highest BCUT2D eigenvalue weighted by atomic mass is 19.1. The van der Waals surface area contributed by atoms with Crippen molar-refractivity contribution in [3.8, 4) is 11.1 Å². The number of hydrogen-bond acceptors (Lipinski definition) is 4. The van der Waals surface area contributed by atoms with Gasteiger partial charge in [0.2, 0.25) is 0 Å². The van der Waals surface area contributed by atoms with Crippen LogP contribution in [0.2, 0.25) is 0 Å². The molecule has 1 saturated heterocycles. The summed E-state index contributed by atoms with van der Waals surface area (Å²) in [4.78, 5) is 21.8. The molecule has 2 heterocycles. The number of benzene rings is 3. The van der Waals surface area contributed by atoms with E-state index in [9.17, 15) is 9.18 Å². The summed E-state index contributed by atoms with van der Waals surface area (Å²) < 4.78 is 13.1. The van der Waals surface area contributed by atoms with Crippen LogP contribution >= 0.6 is 0 Å². The molecule has 5 nitrogen and oxygen atoms in total. The molecule has 186 valence electrons. The number of halogens is 1. The number of carbonyl (C=O) groups is 1. The molecule has 1 aliphatic rings. The van der Waals surface area contributed by atoms with Crippen LogP contribution in [0.25, 0.3) is 16.8 Å². The summed E-state index contributed by atoms with van der Waals surface area (Å²) in [6.07, 6.45) is 1.75. The molecule has 0 bridgehead atoms. The number of carbonyl (C=O) groups excluding carboxylic acids is 1. The SMILES string of the molecule is C=C(c1ccc(NC(=O)c2ccc(-c3ccccc3)cc2)nc1)N1CCN(Cc2ccc(F)cc2)CC1. The van der Waals surface area contributed by atoms with E-state index >= 15 is 0 Å². The number of nitrogens with zero attached hydrogens (tertiary/aromatic N) is 3. The second-order valence-corrected chi connectivity index (χ2v) is 9.17. The van der Waals surface area contributed by atoms with Crippen LogP contribution in [0.15, 0.2) is 104 Å². The monoisotopic (exact) mass is 492 g/mol. The van der Waals surface area contributed by atoms with Crippen LogP contribution in [0.1, 0.15) is 21.5 Å². The van der Waals surface area contributed by atoms with Crippen molar-refractivity contribution >= 4 is 17.4 Å². The Bertz CT molecular complexity index is 1350. The van der Waals surface area contributed by atoms with Crippen molar-refractivity contribution in [3.05, 3.63) is 126 Å². The van der Waals surface area contributed by atoms with Crippen molar-refractivity contribution in [3.63, 3.8) is 0 Å². The molecule has 0 spiro atoms. The molecule has 1 N–H and O–H groups in total. The highest BCUT2D eigenvalue weighted by Crippen LogP contribution is 2.22. The lowest BCUT2D eigenvalue weighted by atomic mass is 10.0. The summed E-state index contributed by atoms with van der Waals surface area (Å²) in [5.74, 6) is 0.0929. The summed E-state index contributed by atoms with van der Waals surface area (Å²) in [6, 6.07) is 28.0. The number of piperazine rings is 1. The number of aromatic nitrogens is 1. The fraction of sp³-hybridized carbons (Fsp3) is 0.161. The lowest BCUT2D eigenvalue weighted by molar-refractivity contribution is 0.102. The largest absolute Gasteiger partial charge is 0.369 e. The summed E-state index contributed by atoms with van der Waals surface area (Å²) in [7, 11) is 0. The van der Waals surface area contributed by atoms with E-state index in [1.165, 1.54) is 12.1 Å². The minimum Gasteiger partial charge on any atom is -0.369 e. The molecule has 4 aromatic rings. The Morgan fingerprint density at radius 3 is 2.11 bits per heavy atom. The van der Waals surface area contributed by atoms with Gasteiger partial charge in [-0.2, -0.15) is 0 Å². The van der Waals surface area contributed by atoms with Crippen LogP contribution in [0, 0.1) is 5.82 Å². The first-order valence-electron chi connectivity index (χ1n) is 12.4. The Labute approximate surface area is 216 Å². The Kier molecular flexibility index (Phi) is 7.38. The predicted octanol–water partition coefficient (Wildman–Crippen LogP) is 5.93. The van der Waals surface area contributed by atoms with Gasteiger partial charge in [-0.3, -0.25) is 9.69 Å². The van der Waals surface area contributed by atoms with Gasteiger partial charge in [0.25, 0.3) is 5.91 Å². The van der Waals surface area contributed by atoms with Crippen molar-refractivity contribution in [2.24, 2.45) is 0 Å². The van der Waals surface area contributed by atoms with Crippen LogP contribution in [0.3, 0.4) is 0 Å². The number of pyridine rings is 1. The second kappa shape index (κ2) is 11.2. The number of rotatable bonds is 7. The van der Waals surface area contributed by atoms with Gasteiger partial charge in [0.1, 0.15) is 11.6 Å². The lowest BCUT2D eigenvalue weighted by Gasteiger charge is -2.37. The molecule has 37 heavy (non-hydrogen) atoms. The minimum atomic E-state index is -0.207. The van der Waals surface area contributed by atoms with Gasteiger partial charge in [0.05, 0.1) is 0 Å². The first kappa shape index (κ1) is 24.4. The zero-order valence-corrected chi connectivity index (χ0v) is 20.6. The van der Waals surface area contributed by atoms with Crippen molar-refractivity contribution in [1.29, 1.82) is 0 Å². The zero-order valence-electron chi connectivity index (χ0n) is 20.6. The third kappa shape index (κ3) is 6.11. The topological polar surface area (TPSA) is 48.5 Å². The van der Waals surface area contributed by atoms with Crippen LogP contribution < -0.4 is 5.32 Å². The lowest BCUT2D eigenvalue weighted by Crippen LogP contribution is -2.44. The van der Waals surface area contributed by atoms with E-state index < -0.39 is 0 Å². The molecule has 0 atom stereocenters. The molecule has 0 aliphatic carbocycles. The summed E-state index contributed by atoms with van der Waals surface area (Å²) >= 11 is 0. The predicted molar refractivity (Wildman–Crippen MR) is 146 cm³/mol. The average Bonchev–Trinajstić information content (AvgIpc) is 2.95. The van der Waals surface area contributed by atoms with Crippen molar-refractivity contribution in [2.75, 3.05) is 31.5 Å². The van der Waals surface area contributed by atoms with Crippen LogP contribution in [0.5, 0.6) is 0 Å². The molecular weight excluding hydrogens is 463 g/mol. The third-order valence-corrected chi connectivity index (χ3v) is 6.67. The fourth-order valence-electron chi connectivity index (χ4n) is 4.48. The minimum absolute atomic E-state index is 0.198. The van der Waals surface area contributed by atoms with Gasteiger partial charge >= 0.3 is 0 Å². The molecule has 3 aromatic carbocycles. The average molecular weight is 493 g/mol. The summed E-state index contributed by atoms with van der Waals surface area (Å²) in [6.45, 7) is 8.61. The van der Waals surface area contributed by atoms with E-state index in [2.05, 4.69) is 26.7 Å². The van der Waals surface area contributed by atoms with Crippen LogP contribution in [0.4, 0.5) is 10.2 Å². The van der Waals surface area contributed by atoms with Crippen molar-refractivity contribution in [1.82, 2.24) is 14.8 Å². The number of amides is 1. The smallest absolute Gasteiger partial charge is 0.256 e. The molecule has 5 rings (SSSR count). The highest BCUT2D eigenvalue weighted by molar-refractivity contribution is 6.04. The summed E-state index contributed by atoms with van der Waals surface area (Å²) in [5.41, 5.74) is 5.72.